The largest absolute Gasteiger partial charge is 0.416 e. The second-order valence-corrected chi connectivity index (χ2v) is 5.36. The van der Waals surface area contributed by atoms with E-state index in [-0.39, 0.29) is 17.4 Å². The predicted molar refractivity (Wildman–Crippen MR) is 75.5 cm³/mol. The number of ether oxygens (including phenoxy) is 1. The van der Waals surface area contributed by atoms with Crippen LogP contribution in [0.25, 0.3) is 11.4 Å². The van der Waals surface area contributed by atoms with Crippen LogP contribution in [0.5, 0.6) is 0 Å². The van der Waals surface area contributed by atoms with E-state index < -0.39 is 11.7 Å². The van der Waals surface area contributed by atoms with Crippen molar-refractivity contribution >= 4 is 0 Å². The molecule has 1 atom stereocenters. The Balaban J connectivity index is 1.81. The third kappa shape index (κ3) is 3.53. The molecular weight excluding hydrogens is 311 g/mol. The fraction of sp³-hybridized carbons (Fsp3) is 0.467. The Morgan fingerprint density at radius 3 is 2.65 bits per heavy atom. The first kappa shape index (κ1) is 15.9. The van der Waals surface area contributed by atoms with Crippen LogP contribution in [0.1, 0.15) is 24.4 Å². The first-order chi connectivity index (χ1) is 10.9. The zero-order chi connectivity index (χ0) is 16.4. The van der Waals surface area contributed by atoms with Crippen molar-refractivity contribution in [1.82, 2.24) is 15.0 Å². The Labute approximate surface area is 131 Å². The van der Waals surface area contributed by atoms with Gasteiger partial charge in [0.25, 0.3) is 0 Å². The van der Waals surface area contributed by atoms with E-state index in [1.807, 2.05) is 6.92 Å². The molecule has 0 saturated carbocycles. The quantitative estimate of drug-likeness (QED) is 0.867. The number of halogens is 3. The van der Waals surface area contributed by atoms with Crippen LogP contribution in [-0.4, -0.2) is 41.3 Å². The molecule has 1 aliphatic heterocycles. The molecule has 0 radical (unpaired) electrons. The summed E-state index contributed by atoms with van der Waals surface area (Å²) in [6, 6.07) is 4.79. The van der Waals surface area contributed by atoms with Crippen LogP contribution < -0.4 is 0 Å². The lowest BCUT2D eigenvalue weighted by Gasteiger charge is -2.29. The molecule has 2 aromatic rings. The summed E-state index contributed by atoms with van der Waals surface area (Å²) in [4.78, 5) is 6.38. The summed E-state index contributed by atoms with van der Waals surface area (Å²) in [5.41, 5.74) is -0.452. The van der Waals surface area contributed by atoms with Gasteiger partial charge in [-0.25, -0.2) is 0 Å². The van der Waals surface area contributed by atoms with Gasteiger partial charge in [-0.05, 0) is 19.1 Å². The molecule has 124 valence electrons. The van der Waals surface area contributed by atoms with E-state index in [4.69, 9.17) is 9.26 Å². The van der Waals surface area contributed by atoms with Gasteiger partial charge in [0.05, 0.1) is 24.8 Å². The number of nitrogens with zero attached hydrogens (tertiary/aromatic N) is 3. The molecule has 0 bridgehead atoms. The molecule has 1 saturated heterocycles. The zero-order valence-electron chi connectivity index (χ0n) is 12.5. The minimum atomic E-state index is -4.40. The number of alkyl halides is 3. The normalized spacial score (nSPS) is 18.1. The maximum atomic E-state index is 12.8. The van der Waals surface area contributed by atoms with Crippen molar-refractivity contribution in [2.75, 3.05) is 26.3 Å². The molecular formula is C15H16F3N3O2. The summed E-state index contributed by atoms with van der Waals surface area (Å²) in [5, 5.41) is 3.81. The number of aromatic nitrogens is 2. The Bertz CT molecular complexity index is 666. The van der Waals surface area contributed by atoms with Crippen molar-refractivity contribution in [3.05, 3.63) is 35.7 Å². The Hall–Kier alpha value is -1.93. The number of hydrogen-bond acceptors (Lipinski definition) is 5. The number of hydrogen-bond donors (Lipinski definition) is 0. The van der Waals surface area contributed by atoms with Crippen molar-refractivity contribution in [3.63, 3.8) is 0 Å². The highest BCUT2D eigenvalue weighted by molar-refractivity contribution is 5.55. The first-order valence-electron chi connectivity index (χ1n) is 7.28. The van der Waals surface area contributed by atoms with Gasteiger partial charge in [0.15, 0.2) is 0 Å². The lowest BCUT2D eigenvalue weighted by molar-refractivity contribution is -0.137. The van der Waals surface area contributed by atoms with Crippen LogP contribution in [0.3, 0.4) is 0 Å². The standard InChI is InChI=1S/C15H16F3N3O2/c1-10(21-5-7-22-8-6-21)14-19-13(20-23-14)11-3-2-4-12(9-11)15(16,17)18/h2-4,9-10H,5-8H2,1H3. The molecule has 2 heterocycles. The summed E-state index contributed by atoms with van der Waals surface area (Å²) >= 11 is 0. The predicted octanol–water partition coefficient (Wildman–Crippen LogP) is 3.15. The molecule has 1 aliphatic rings. The maximum absolute atomic E-state index is 12.8. The fourth-order valence-electron chi connectivity index (χ4n) is 2.48. The van der Waals surface area contributed by atoms with Crippen molar-refractivity contribution < 1.29 is 22.4 Å². The molecule has 1 aromatic carbocycles. The van der Waals surface area contributed by atoms with Gasteiger partial charge < -0.3 is 9.26 Å². The van der Waals surface area contributed by atoms with Crippen LogP contribution in [0.4, 0.5) is 13.2 Å². The van der Waals surface area contributed by atoms with E-state index in [0.717, 1.165) is 25.2 Å². The monoisotopic (exact) mass is 327 g/mol. The summed E-state index contributed by atoms with van der Waals surface area (Å²) in [5.74, 6) is 0.547. The highest BCUT2D eigenvalue weighted by atomic mass is 19.4. The van der Waals surface area contributed by atoms with Crippen LogP contribution in [0.2, 0.25) is 0 Å². The van der Waals surface area contributed by atoms with Crippen molar-refractivity contribution in [3.8, 4) is 11.4 Å². The van der Waals surface area contributed by atoms with Crippen LogP contribution >= 0.6 is 0 Å². The van der Waals surface area contributed by atoms with Crippen LogP contribution in [0.15, 0.2) is 28.8 Å². The highest BCUT2D eigenvalue weighted by Gasteiger charge is 2.31. The lowest BCUT2D eigenvalue weighted by atomic mass is 10.1. The van der Waals surface area contributed by atoms with Gasteiger partial charge in [-0.2, -0.15) is 18.2 Å². The van der Waals surface area contributed by atoms with Gasteiger partial charge in [-0.3, -0.25) is 4.90 Å². The maximum Gasteiger partial charge on any atom is 0.416 e. The number of benzene rings is 1. The summed E-state index contributed by atoms with van der Waals surface area (Å²) in [6.45, 7) is 4.71. The average Bonchev–Trinajstić information content (AvgIpc) is 3.04. The van der Waals surface area contributed by atoms with Gasteiger partial charge in [0.1, 0.15) is 0 Å². The van der Waals surface area contributed by atoms with Gasteiger partial charge in [0, 0.05) is 18.7 Å². The third-order valence-electron chi connectivity index (χ3n) is 3.84. The molecule has 0 amide bonds. The average molecular weight is 327 g/mol. The van der Waals surface area contributed by atoms with Gasteiger partial charge >= 0.3 is 6.18 Å². The zero-order valence-corrected chi connectivity index (χ0v) is 12.5. The van der Waals surface area contributed by atoms with E-state index >= 15 is 0 Å². The molecule has 3 rings (SSSR count). The molecule has 0 aliphatic carbocycles. The third-order valence-corrected chi connectivity index (χ3v) is 3.84. The number of rotatable bonds is 3. The van der Waals surface area contributed by atoms with Crippen molar-refractivity contribution in [2.24, 2.45) is 0 Å². The molecule has 1 unspecified atom stereocenters. The van der Waals surface area contributed by atoms with E-state index in [1.54, 1.807) is 0 Å². The Morgan fingerprint density at radius 2 is 1.96 bits per heavy atom. The van der Waals surface area contributed by atoms with Crippen LogP contribution in [-0.2, 0) is 10.9 Å². The van der Waals surface area contributed by atoms with E-state index in [0.29, 0.717) is 19.1 Å². The van der Waals surface area contributed by atoms with Crippen LogP contribution in [0, 0.1) is 0 Å². The van der Waals surface area contributed by atoms with Crippen molar-refractivity contribution in [2.45, 2.75) is 19.1 Å². The smallest absolute Gasteiger partial charge is 0.379 e. The van der Waals surface area contributed by atoms with Crippen molar-refractivity contribution in [1.29, 1.82) is 0 Å². The van der Waals surface area contributed by atoms with Gasteiger partial charge in [0.2, 0.25) is 11.7 Å². The number of morpholine rings is 1. The molecule has 23 heavy (non-hydrogen) atoms. The minimum absolute atomic E-state index is 0.106. The molecule has 1 aromatic heterocycles. The topological polar surface area (TPSA) is 51.4 Å². The fourth-order valence-corrected chi connectivity index (χ4v) is 2.48. The Kier molecular flexibility index (Phi) is 4.36. The lowest BCUT2D eigenvalue weighted by Crippen LogP contribution is -2.38. The van der Waals surface area contributed by atoms with Gasteiger partial charge in [-0.15, -0.1) is 0 Å². The molecule has 8 heteroatoms. The SMILES string of the molecule is CC(c1nc(-c2cccc(C(F)(F)F)c2)no1)N1CCOCC1. The highest BCUT2D eigenvalue weighted by Crippen LogP contribution is 2.32. The summed E-state index contributed by atoms with van der Waals surface area (Å²) < 4.78 is 48.9. The minimum Gasteiger partial charge on any atom is -0.379 e. The molecule has 1 fully saturated rings. The van der Waals surface area contributed by atoms with Gasteiger partial charge in [-0.1, -0.05) is 17.3 Å². The molecule has 0 N–H and O–H groups in total. The molecule has 5 nitrogen and oxygen atoms in total. The summed E-state index contributed by atoms with van der Waals surface area (Å²) in [7, 11) is 0. The van der Waals surface area contributed by atoms with E-state index in [2.05, 4.69) is 15.0 Å². The Morgan fingerprint density at radius 1 is 1.22 bits per heavy atom. The summed E-state index contributed by atoms with van der Waals surface area (Å²) in [6.07, 6.45) is -4.40. The second kappa shape index (κ2) is 6.29. The molecule has 0 spiro atoms. The van der Waals surface area contributed by atoms with E-state index in [1.165, 1.54) is 12.1 Å². The second-order valence-electron chi connectivity index (χ2n) is 5.36. The van der Waals surface area contributed by atoms with E-state index in [9.17, 15) is 13.2 Å². The first-order valence-corrected chi connectivity index (χ1v) is 7.28.